The highest BCUT2D eigenvalue weighted by molar-refractivity contribution is 7.18. The quantitative estimate of drug-likeness (QED) is 0.325. The molecule has 0 atom stereocenters. The number of amides is 1. The predicted molar refractivity (Wildman–Crippen MR) is 150 cm³/mol. The molecule has 3 aromatic rings. The first-order valence-electron chi connectivity index (χ1n) is 13.3. The molecule has 0 saturated carbocycles. The van der Waals surface area contributed by atoms with Crippen molar-refractivity contribution in [3.8, 4) is 16.3 Å². The molecule has 1 aromatic heterocycles. The maximum absolute atomic E-state index is 13.4. The second kappa shape index (κ2) is 13.5. The third kappa shape index (κ3) is 7.39. The summed E-state index contributed by atoms with van der Waals surface area (Å²) in [6, 6.07) is 15.4. The van der Waals surface area contributed by atoms with Crippen LogP contribution in [0.4, 0.5) is 5.13 Å². The number of benzene rings is 2. The Bertz CT molecular complexity index is 1210. The van der Waals surface area contributed by atoms with Gasteiger partial charge in [-0.25, -0.2) is 0 Å². The lowest BCUT2D eigenvalue weighted by molar-refractivity contribution is -0.138. The van der Waals surface area contributed by atoms with Crippen molar-refractivity contribution in [1.29, 1.82) is 0 Å². The number of carboxylic acids is 1. The first kappa shape index (κ1) is 27.7. The average Bonchev–Trinajstić information content (AvgIpc) is 3.40. The predicted octanol–water partition coefficient (Wildman–Crippen LogP) is 5.53. The van der Waals surface area contributed by atoms with E-state index >= 15 is 0 Å². The lowest BCUT2D eigenvalue weighted by atomic mass is 9.94. The zero-order chi connectivity index (χ0) is 26.9. The van der Waals surface area contributed by atoms with Crippen LogP contribution in [-0.2, 0) is 4.79 Å². The van der Waals surface area contributed by atoms with Crippen molar-refractivity contribution in [3.05, 3.63) is 59.7 Å². The molecular formula is C29H36N4O4S. The van der Waals surface area contributed by atoms with E-state index in [1.54, 1.807) is 4.90 Å². The summed E-state index contributed by atoms with van der Waals surface area (Å²) in [5, 5.41) is 19.1. The van der Waals surface area contributed by atoms with Gasteiger partial charge < -0.3 is 9.84 Å². The zero-order valence-corrected chi connectivity index (χ0v) is 23.0. The van der Waals surface area contributed by atoms with Gasteiger partial charge in [-0.3, -0.25) is 19.4 Å². The van der Waals surface area contributed by atoms with E-state index in [4.69, 9.17) is 9.84 Å². The van der Waals surface area contributed by atoms with E-state index in [9.17, 15) is 9.59 Å². The van der Waals surface area contributed by atoms with Crippen molar-refractivity contribution in [1.82, 2.24) is 15.1 Å². The van der Waals surface area contributed by atoms with Gasteiger partial charge in [0.1, 0.15) is 17.4 Å². The fraction of sp³-hybridized carbons (Fsp3) is 0.448. The Kier molecular flexibility index (Phi) is 9.84. The summed E-state index contributed by atoms with van der Waals surface area (Å²) in [7, 11) is 0. The summed E-state index contributed by atoms with van der Waals surface area (Å²) in [5.41, 5.74) is 2.56. The monoisotopic (exact) mass is 536 g/mol. The van der Waals surface area contributed by atoms with Gasteiger partial charge in [-0.05, 0) is 81.1 Å². The van der Waals surface area contributed by atoms with E-state index in [1.807, 2.05) is 55.5 Å². The molecule has 0 spiro atoms. The van der Waals surface area contributed by atoms with Crippen molar-refractivity contribution < 1.29 is 19.4 Å². The number of likely N-dealkylation sites (tertiary alicyclic amines) is 1. The first-order valence-corrected chi connectivity index (χ1v) is 14.1. The van der Waals surface area contributed by atoms with Crippen molar-refractivity contribution >= 4 is 28.3 Å². The van der Waals surface area contributed by atoms with Crippen LogP contribution >= 0.6 is 11.3 Å². The Balaban J connectivity index is 1.33. The number of ether oxygens (including phenoxy) is 1. The fourth-order valence-electron chi connectivity index (χ4n) is 4.65. The second-order valence-corrected chi connectivity index (χ2v) is 10.7. The third-order valence-corrected chi connectivity index (χ3v) is 7.94. The number of aromatic nitrogens is 2. The number of anilines is 1. The summed E-state index contributed by atoms with van der Waals surface area (Å²) < 4.78 is 5.95. The van der Waals surface area contributed by atoms with Crippen LogP contribution in [-0.4, -0.2) is 64.9 Å². The van der Waals surface area contributed by atoms with Gasteiger partial charge in [-0.1, -0.05) is 42.9 Å². The molecule has 1 fully saturated rings. The Morgan fingerprint density at radius 2 is 1.84 bits per heavy atom. The molecule has 38 heavy (non-hydrogen) atoms. The highest BCUT2D eigenvalue weighted by Gasteiger charge is 2.23. The van der Waals surface area contributed by atoms with Crippen LogP contribution in [0.15, 0.2) is 48.5 Å². The molecule has 0 bridgehead atoms. The molecule has 1 aliphatic rings. The Morgan fingerprint density at radius 3 is 2.53 bits per heavy atom. The topological polar surface area (TPSA) is 95.9 Å². The number of aryl methyl sites for hydroxylation is 1. The van der Waals surface area contributed by atoms with Gasteiger partial charge in [-0.15, -0.1) is 10.2 Å². The summed E-state index contributed by atoms with van der Waals surface area (Å²) >= 11 is 1.42. The minimum Gasteiger partial charge on any atom is -0.492 e. The van der Waals surface area contributed by atoms with E-state index in [0.29, 0.717) is 23.8 Å². The van der Waals surface area contributed by atoms with Gasteiger partial charge in [0.2, 0.25) is 5.13 Å². The molecule has 0 aliphatic carbocycles. The standard InChI is InChI=1S/C29H36N4O4S/c1-3-4-15-33(28(36)25-8-6-5-7-21(25)2)29-31-30-27(38-29)23-9-11-24(12-10-23)37-19-18-32-16-13-22(14-17-32)20-26(34)35/h5-12,22H,3-4,13-20H2,1-2H3,(H,34,35). The van der Waals surface area contributed by atoms with Crippen LogP contribution in [0.3, 0.4) is 0 Å². The maximum atomic E-state index is 13.4. The van der Waals surface area contributed by atoms with Crippen LogP contribution in [0.2, 0.25) is 0 Å². The van der Waals surface area contributed by atoms with Crippen LogP contribution in [0, 0.1) is 12.8 Å². The van der Waals surface area contributed by atoms with Gasteiger partial charge in [0.05, 0.1) is 0 Å². The summed E-state index contributed by atoms with van der Waals surface area (Å²) in [6.07, 6.45) is 3.99. The lowest BCUT2D eigenvalue weighted by Crippen LogP contribution is -2.37. The molecule has 8 nitrogen and oxygen atoms in total. The number of nitrogens with zero attached hydrogens (tertiary/aromatic N) is 4. The van der Waals surface area contributed by atoms with E-state index in [1.165, 1.54) is 11.3 Å². The zero-order valence-electron chi connectivity index (χ0n) is 22.1. The van der Waals surface area contributed by atoms with Crippen molar-refractivity contribution in [2.75, 3.05) is 37.7 Å². The van der Waals surface area contributed by atoms with Crippen LogP contribution in [0.1, 0.15) is 54.9 Å². The Labute approximate surface area is 228 Å². The number of piperidine rings is 1. The number of rotatable bonds is 12. The number of hydrogen-bond donors (Lipinski definition) is 1. The maximum Gasteiger partial charge on any atom is 0.303 e. The third-order valence-electron chi connectivity index (χ3n) is 6.95. The molecule has 4 rings (SSSR count). The molecule has 202 valence electrons. The highest BCUT2D eigenvalue weighted by atomic mass is 32.1. The first-order chi connectivity index (χ1) is 18.4. The molecular weight excluding hydrogens is 500 g/mol. The van der Waals surface area contributed by atoms with Gasteiger partial charge in [-0.2, -0.15) is 0 Å². The van der Waals surface area contributed by atoms with Gasteiger partial charge >= 0.3 is 5.97 Å². The number of carboxylic acid groups (broad SMARTS) is 1. The summed E-state index contributed by atoms with van der Waals surface area (Å²) in [5.74, 6) is 0.328. The molecule has 0 unspecified atom stereocenters. The minimum atomic E-state index is -0.704. The molecule has 1 N–H and O–H groups in total. The normalized spacial score (nSPS) is 14.4. The second-order valence-electron chi connectivity index (χ2n) is 9.77. The highest BCUT2D eigenvalue weighted by Crippen LogP contribution is 2.31. The van der Waals surface area contributed by atoms with Gasteiger partial charge in [0.15, 0.2) is 0 Å². The molecule has 2 heterocycles. The number of hydrogen-bond acceptors (Lipinski definition) is 7. The molecule has 1 amide bonds. The average molecular weight is 537 g/mol. The largest absolute Gasteiger partial charge is 0.492 e. The van der Waals surface area contributed by atoms with Crippen LogP contribution < -0.4 is 9.64 Å². The molecule has 0 radical (unpaired) electrons. The van der Waals surface area contributed by atoms with E-state index in [-0.39, 0.29) is 18.2 Å². The summed E-state index contributed by atoms with van der Waals surface area (Å²) in [4.78, 5) is 28.3. The van der Waals surface area contributed by atoms with E-state index in [2.05, 4.69) is 22.0 Å². The lowest BCUT2D eigenvalue weighted by Gasteiger charge is -2.31. The van der Waals surface area contributed by atoms with Crippen LogP contribution in [0.5, 0.6) is 5.75 Å². The fourth-order valence-corrected chi connectivity index (χ4v) is 5.52. The summed E-state index contributed by atoms with van der Waals surface area (Å²) in [6.45, 7) is 7.90. The minimum absolute atomic E-state index is 0.0471. The number of carbonyl (C=O) groups is 2. The number of carbonyl (C=O) groups excluding carboxylic acids is 1. The molecule has 2 aromatic carbocycles. The van der Waals surface area contributed by atoms with Crippen LogP contribution in [0.25, 0.3) is 10.6 Å². The van der Waals surface area contributed by atoms with Gasteiger partial charge in [0.25, 0.3) is 5.91 Å². The van der Waals surface area contributed by atoms with Crippen molar-refractivity contribution in [2.45, 2.75) is 46.0 Å². The Morgan fingerprint density at radius 1 is 1.11 bits per heavy atom. The molecule has 1 saturated heterocycles. The smallest absolute Gasteiger partial charge is 0.303 e. The number of unbranched alkanes of at least 4 members (excludes halogenated alkanes) is 1. The van der Waals surface area contributed by atoms with E-state index < -0.39 is 5.97 Å². The Hall–Kier alpha value is -3.30. The SMILES string of the molecule is CCCCN(C(=O)c1ccccc1C)c1nnc(-c2ccc(OCCN3CCC(CC(=O)O)CC3)cc2)s1. The van der Waals surface area contributed by atoms with Crippen molar-refractivity contribution in [2.24, 2.45) is 5.92 Å². The van der Waals surface area contributed by atoms with E-state index in [0.717, 1.165) is 67.2 Å². The molecule has 1 aliphatic heterocycles. The van der Waals surface area contributed by atoms with Gasteiger partial charge in [0, 0.05) is 30.6 Å². The van der Waals surface area contributed by atoms with Crippen molar-refractivity contribution in [3.63, 3.8) is 0 Å². The molecule has 9 heteroatoms. The number of aliphatic carboxylic acids is 1.